The molecule has 0 bridgehead atoms. The number of piperidine rings is 1. The van der Waals surface area contributed by atoms with Crippen molar-refractivity contribution in [1.29, 1.82) is 0 Å². The number of aromatic nitrogens is 1. The Morgan fingerprint density at radius 3 is 2.29 bits per heavy atom. The lowest BCUT2D eigenvalue weighted by Gasteiger charge is -2.27. The number of benzene rings is 1. The Bertz CT molecular complexity index is 643. The highest BCUT2D eigenvalue weighted by Gasteiger charge is 2.30. The highest BCUT2D eigenvalue weighted by molar-refractivity contribution is 5.36. The number of nitrogens with zero attached hydrogens (tertiary/aromatic N) is 2. The molecule has 1 fully saturated rings. The molecule has 0 aliphatic carbocycles. The molecule has 1 N–H and O–H groups in total. The van der Waals surface area contributed by atoms with E-state index >= 15 is 0 Å². The molecule has 1 aromatic carbocycles. The lowest BCUT2D eigenvalue weighted by molar-refractivity contribution is 0.0863. The Kier molecular flexibility index (Phi) is 5.63. The first kappa shape index (κ1) is 16.7. The van der Waals surface area contributed by atoms with Gasteiger partial charge in [-0.25, -0.2) is 0 Å². The van der Waals surface area contributed by atoms with E-state index in [2.05, 4.69) is 21.7 Å². The van der Waals surface area contributed by atoms with Crippen LogP contribution in [0.25, 0.3) is 0 Å². The van der Waals surface area contributed by atoms with E-state index < -0.39 is 5.60 Å². The van der Waals surface area contributed by atoms with E-state index in [1.165, 1.54) is 19.3 Å². The summed E-state index contributed by atoms with van der Waals surface area (Å²) in [5, 5.41) is 11.3. The van der Waals surface area contributed by atoms with Gasteiger partial charge in [-0.2, -0.15) is 0 Å². The first-order valence-corrected chi connectivity index (χ1v) is 8.65. The minimum absolute atomic E-state index is 0.384. The maximum absolute atomic E-state index is 11.3. The SMILES string of the molecule is O[C@](CC#CCN1CCCCC1)(c1ccccc1)c1ccncc1. The van der Waals surface area contributed by atoms with Crippen molar-refractivity contribution in [3.63, 3.8) is 0 Å². The molecule has 0 radical (unpaired) electrons. The maximum Gasteiger partial charge on any atom is 0.126 e. The summed E-state index contributed by atoms with van der Waals surface area (Å²) in [5.74, 6) is 6.46. The Morgan fingerprint density at radius 2 is 1.58 bits per heavy atom. The summed E-state index contributed by atoms with van der Waals surface area (Å²) in [6, 6.07) is 13.5. The summed E-state index contributed by atoms with van der Waals surface area (Å²) in [5.41, 5.74) is 0.596. The van der Waals surface area contributed by atoms with Crippen LogP contribution in [0.4, 0.5) is 0 Å². The second-order valence-electron chi connectivity index (χ2n) is 6.33. The minimum Gasteiger partial charge on any atom is -0.379 e. The molecule has 1 aliphatic heterocycles. The van der Waals surface area contributed by atoms with Crippen molar-refractivity contribution in [2.45, 2.75) is 31.3 Å². The van der Waals surface area contributed by atoms with Crippen molar-refractivity contribution in [2.24, 2.45) is 0 Å². The molecule has 124 valence electrons. The zero-order chi connectivity index (χ0) is 16.7. The Morgan fingerprint density at radius 1 is 0.917 bits per heavy atom. The first-order valence-electron chi connectivity index (χ1n) is 8.65. The van der Waals surface area contributed by atoms with Crippen LogP contribution in [-0.2, 0) is 5.60 Å². The fraction of sp³-hybridized carbons (Fsp3) is 0.381. The van der Waals surface area contributed by atoms with Crippen molar-refractivity contribution < 1.29 is 5.11 Å². The fourth-order valence-electron chi connectivity index (χ4n) is 3.19. The highest BCUT2D eigenvalue weighted by Crippen LogP contribution is 2.32. The standard InChI is InChI=1S/C21H24N2O/c24-21(19-9-3-1-4-10-19,20-11-14-22-15-12-20)13-5-8-18-23-16-6-2-7-17-23/h1,3-4,9-12,14-15,24H,2,6-7,13,16-18H2/t21-/m1/s1. The van der Waals surface area contributed by atoms with E-state index in [9.17, 15) is 5.11 Å². The number of hydrogen-bond donors (Lipinski definition) is 1. The Labute approximate surface area is 144 Å². The monoisotopic (exact) mass is 320 g/mol. The molecule has 3 nitrogen and oxygen atoms in total. The van der Waals surface area contributed by atoms with Gasteiger partial charge in [0.05, 0.1) is 6.54 Å². The second kappa shape index (κ2) is 8.10. The van der Waals surface area contributed by atoms with Gasteiger partial charge in [0.15, 0.2) is 0 Å². The van der Waals surface area contributed by atoms with E-state index in [0.29, 0.717) is 6.42 Å². The van der Waals surface area contributed by atoms with Crippen LogP contribution in [0.3, 0.4) is 0 Å². The second-order valence-corrected chi connectivity index (χ2v) is 6.33. The molecule has 1 saturated heterocycles. The summed E-state index contributed by atoms with van der Waals surface area (Å²) >= 11 is 0. The van der Waals surface area contributed by atoms with Gasteiger partial charge in [0.25, 0.3) is 0 Å². The molecule has 2 aromatic rings. The third-order valence-corrected chi connectivity index (χ3v) is 4.63. The summed E-state index contributed by atoms with van der Waals surface area (Å²) in [7, 11) is 0. The quantitative estimate of drug-likeness (QED) is 0.879. The lowest BCUT2D eigenvalue weighted by Crippen LogP contribution is -2.30. The lowest BCUT2D eigenvalue weighted by atomic mass is 9.84. The summed E-state index contributed by atoms with van der Waals surface area (Å²) < 4.78 is 0. The van der Waals surface area contributed by atoms with Crippen LogP contribution in [0, 0.1) is 11.8 Å². The molecule has 0 unspecified atom stereocenters. The van der Waals surface area contributed by atoms with Crippen molar-refractivity contribution >= 4 is 0 Å². The number of hydrogen-bond acceptors (Lipinski definition) is 3. The zero-order valence-electron chi connectivity index (χ0n) is 14.0. The van der Waals surface area contributed by atoms with Gasteiger partial charge in [-0.15, -0.1) is 0 Å². The molecule has 1 aromatic heterocycles. The van der Waals surface area contributed by atoms with Crippen LogP contribution < -0.4 is 0 Å². The van der Waals surface area contributed by atoms with Gasteiger partial charge in [-0.3, -0.25) is 9.88 Å². The molecule has 0 spiro atoms. The van der Waals surface area contributed by atoms with E-state index in [-0.39, 0.29) is 0 Å². The normalized spacial score (nSPS) is 17.5. The average Bonchev–Trinajstić information content (AvgIpc) is 2.67. The smallest absolute Gasteiger partial charge is 0.126 e. The van der Waals surface area contributed by atoms with Crippen molar-refractivity contribution in [2.75, 3.05) is 19.6 Å². The minimum atomic E-state index is -1.10. The Hall–Kier alpha value is -2.15. The summed E-state index contributed by atoms with van der Waals surface area (Å²) in [6.45, 7) is 3.07. The van der Waals surface area contributed by atoms with Gasteiger partial charge in [0, 0.05) is 18.8 Å². The molecule has 0 amide bonds. The predicted molar refractivity (Wildman–Crippen MR) is 96.4 cm³/mol. The van der Waals surface area contributed by atoms with Crippen LogP contribution in [0.15, 0.2) is 54.9 Å². The number of likely N-dealkylation sites (tertiary alicyclic amines) is 1. The molecule has 3 rings (SSSR count). The van der Waals surface area contributed by atoms with Gasteiger partial charge in [-0.05, 0) is 49.2 Å². The van der Waals surface area contributed by atoms with Crippen LogP contribution in [0.5, 0.6) is 0 Å². The predicted octanol–water partition coefficient (Wildman–Crippen LogP) is 3.20. The van der Waals surface area contributed by atoms with Crippen LogP contribution in [0.1, 0.15) is 36.8 Å². The van der Waals surface area contributed by atoms with Crippen LogP contribution in [0.2, 0.25) is 0 Å². The average molecular weight is 320 g/mol. The molecular formula is C21H24N2O. The highest BCUT2D eigenvalue weighted by atomic mass is 16.3. The van der Waals surface area contributed by atoms with Crippen molar-refractivity contribution in [1.82, 2.24) is 9.88 Å². The first-order chi connectivity index (χ1) is 11.8. The molecule has 2 heterocycles. The molecule has 0 saturated carbocycles. The van der Waals surface area contributed by atoms with E-state index in [4.69, 9.17) is 0 Å². The molecule has 1 aliphatic rings. The third-order valence-electron chi connectivity index (χ3n) is 4.63. The van der Waals surface area contributed by atoms with Crippen LogP contribution >= 0.6 is 0 Å². The molecular weight excluding hydrogens is 296 g/mol. The third kappa shape index (κ3) is 4.03. The van der Waals surface area contributed by atoms with Gasteiger partial charge in [-0.1, -0.05) is 48.6 Å². The number of aliphatic hydroxyl groups is 1. The van der Waals surface area contributed by atoms with Gasteiger partial charge >= 0.3 is 0 Å². The van der Waals surface area contributed by atoms with Crippen LogP contribution in [-0.4, -0.2) is 34.6 Å². The topological polar surface area (TPSA) is 36.4 Å². The molecule has 1 atom stereocenters. The number of rotatable bonds is 4. The van der Waals surface area contributed by atoms with E-state index in [1.807, 2.05) is 42.5 Å². The molecule has 24 heavy (non-hydrogen) atoms. The van der Waals surface area contributed by atoms with Crippen molar-refractivity contribution in [3.05, 3.63) is 66.0 Å². The Balaban J connectivity index is 1.76. The van der Waals surface area contributed by atoms with E-state index in [0.717, 1.165) is 30.8 Å². The fourth-order valence-corrected chi connectivity index (χ4v) is 3.19. The van der Waals surface area contributed by atoms with Crippen molar-refractivity contribution in [3.8, 4) is 11.8 Å². The van der Waals surface area contributed by atoms with Gasteiger partial charge in [0.1, 0.15) is 5.60 Å². The summed E-state index contributed by atoms with van der Waals surface area (Å²) in [6.07, 6.45) is 7.68. The maximum atomic E-state index is 11.3. The largest absolute Gasteiger partial charge is 0.379 e. The summed E-state index contributed by atoms with van der Waals surface area (Å²) in [4.78, 5) is 6.45. The molecule has 3 heteroatoms. The zero-order valence-corrected chi connectivity index (χ0v) is 14.0. The van der Waals surface area contributed by atoms with E-state index in [1.54, 1.807) is 12.4 Å². The van der Waals surface area contributed by atoms with Gasteiger partial charge < -0.3 is 5.11 Å². The van der Waals surface area contributed by atoms with Gasteiger partial charge in [0.2, 0.25) is 0 Å². The number of pyridine rings is 1.